The number of rotatable bonds is 11. The zero-order chi connectivity index (χ0) is 19.7. The number of methoxy groups -OCH3 is 1. The fourth-order valence-corrected chi connectivity index (χ4v) is 3.94. The normalized spacial score (nSPS) is 11.5. The average molecular weight is 394 g/mol. The highest BCUT2D eigenvalue weighted by molar-refractivity contribution is 7.89. The first-order chi connectivity index (χ1) is 13.0. The number of nitrogens with zero attached hydrogens (tertiary/aromatic N) is 6. The van der Waals surface area contributed by atoms with E-state index < -0.39 is 10.0 Å². The van der Waals surface area contributed by atoms with E-state index in [1.54, 1.807) is 6.07 Å². The Kier molecular flexibility index (Phi) is 7.66. The maximum atomic E-state index is 13.0. The minimum Gasteiger partial charge on any atom is -0.494 e. The molecule has 0 radical (unpaired) electrons. The Hall–Kier alpha value is -2.55. The summed E-state index contributed by atoms with van der Waals surface area (Å²) >= 11 is 0. The number of tetrazole rings is 1. The first-order valence-electron chi connectivity index (χ1n) is 8.40. The number of hydrogen-bond acceptors (Lipinski definition) is 8. The van der Waals surface area contributed by atoms with E-state index in [-0.39, 0.29) is 24.4 Å². The molecule has 0 spiro atoms. The average Bonchev–Trinajstić information content (AvgIpc) is 3.21. The molecule has 0 aliphatic carbocycles. The monoisotopic (exact) mass is 394 g/mol. The van der Waals surface area contributed by atoms with Crippen molar-refractivity contribution < 1.29 is 17.9 Å². The van der Waals surface area contributed by atoms with Gasteiger partial charge in [0.1, 0.15) is 17.8 Å². The molecular formula is C16H22N6O4S. The molecule has 0 saturated heterocycles. The van der Waals surface area contributed by atoms with Crippen LogP contribution in [0.25, 0.3) is 5.69 Å². The van der Waals surface area contributed by atoms with Gasteiger partial charge in [0.15, 0.2) is 0 Å². The van der Waals surface area contributed by atoms with Crippen molar-refractivity contribution in [1.82, 2.24) is 24.5 Å². The lowest BCUT2D eigenvalue weighted by atomic mass is 10.3. The third-order valence-electron chi connectivity index (χ3n) is 3.76. The van der Waals surface area contributed by atoms with Gasteiger partial charge in [-0.15, -0.1) is 5.10 Å². The van der Waals surface area contributed by atoms with E-state index in [9.17, 15) is 8.42 Å². The van der Waals surface area contributed by atoms with Crippen molar-refractivity contribution in [3.63, 3.8) is 0 Å². The number of sulfonamides is 1. The number of aromatic nitrogens is 4. The van der Waals surface area contributed by atoms with E-state index in [2.05, 4.69) is 15.5 Å². The van der Waals surface area contributed by atoms with Crippen LogP contribution in [0, 0.1) is 11.3 Å². The molecule has 1 heterocycles. The topological polar surface area (TPSA) is 123 Å². The van der Waals surface area contributed by atoms with Gasteiger partial charge in [0.2, 0.25) is 10.0 Å². The van der Waals surface area contributed by atoms with E-state index in [0.717, 1.165) is 0 Å². The minimum atomic E-state index is -3.79. The lowest BCUT2D eigenvalue weighted by Gasteiger charge is -2.22. The molecule has 0 aliphatic heterocycles. The second-order valence-electron chi connectivity index (χ2n) is 5.45. The smallest absolute Gasteiger partial charge is 0.243 e. The second-order valence-corrected chi connectivity index (χ2v) is 7.39. The summed E-state index contributed by atoms with van der Waals surface area (Å²) < 4.78 is 39.3. The molecule has 2 rings (SSSR count). The molecule has 0 bridgehead atoms. The van der Waals surface area contributed by atoms with Crippen LogP contribution in [0.2, 0.25) is 0 Å². The number of ether oxygens (including phenoxy) is 2. The highest BCUT2D eigenvalue weighted by Gasteiger charge is 2.25. The lowest BCUT2D eigenvalue weighted by molar-refractivity contribution is 0.140. The summed E-state index contributed by atoms with van der Waals surface area (Å²) in [7, 11) is -2.35. The fourth-order valence-electron chi connectivity index (χ4n) is 2.44. The van der Waals surface area contributed by atoms with Crippen molar-refractivity contribution in [3.8, 4) is 17.5 Å². The van der Waals surface area contributed by atoms with Gasteiger partial charge in [0, 0.05) is 38.8 Å². The van der Waals surface area contributed by atoms with Gasteiger partial charge in [0.05, 0.1) is 18.1 Å². The van der Waals surface area contributed by atoms with E-state index in [1.165, 1.54) is 34.6 Å². The third kappa shape index (κ3) is 5.22. The molecule has 0 aliphatic rings. The Morgan fingerprint density at radius 1 is 1.33 bits per heavy atom. The SMILES string of the molecule is CCOCCCN(CCC#N)S(=O)(=O)c1ccc(-n2cnnn2)c(OC)c1. The van der Waals surface area contributed by atoms with E-state index >= 15 is 0 Å². The van der Waals surface area contributed by atoms with Gasteiger partial charge in [-0.2, -0.15) is 14.2 Å². The Bertz CT molecular complexity index is 864. The van der Waals surface area contributed by atoms with Gasteiger partial charge >= 0.3 is 0 Å². The van der Waals surface area contributed by atoms with Crippen LogP contribution in [0.15, 0.2) is 29.4 Å². The zero-order valence-corrected chi connectivity index (χ0v) is 16.1. The van der Waals surface area contributed by atoms with Crippen molar-refractivity contribution in [2.45, 2.75) is 24.7 Å². The van der Waals surface area contributed by atoms with Crippen LogP contribution < -0.4 is 4.74 Å². The second kappa shape index (κ2) is 9.96. The fraction of sp³-hybridized carbons (Fsp3) is 0.500. The molecule has 146 valence electrons. The maximum Gasteiger partial charge on any atom is 0.243 e. The Morgan fingerprint density at radius 2 is 2.15 bits per heavy atom. The van der Waals surface area contributed by atoms with Crippen molar-refractivity contribution >= 4 is 10.0 Å². The molecule has 1 aromatic carbocycles. The Balaban J connectivity index is 2.29. The summed E-state index contributed by atoms with van der Waals surface area (Å²) in [5, 5.41) is 19.8. The third-order valence-corrected chi connectivity index (χ3v) is 5.65. The van der Waals surface area contributed by atoms with Gasteiger partial charge in [-0.05, 0) is 35.9 Å². The Labute approximate surface area is 158 Å². The summed E-state index contributed by atoms with van der Waals surface area (Å²) in [5.41, 5.74) is 0.515. The summed E-state index contributed by atoms with van der Waals surface area (Å²) in [4.78, 5) is 0.0746. The summed E-state index contributed by atoms with van der Waals surface area (Å²) in [6, 6.07) is 6.45. The Morgan fingerprint density at radius 3 is 2.78 bits per heavy atom. The van der Waals surface area contributed by atoms with Crippen molar-refractivity contribution in [3.05, 3.63) is 24.5 Å². The van der Waals surface area contributed by atoms with Gasteiger partial charge in [-0.25, -0.2) is 8.42 Å². The lowest BCUT2D eigenvalue weighted by Crippen LogP contribution is -2.33. The van der Waals surface area contributed by atoms with Crippen LogP contribution in [-0.4, -0.2) is 66.3 Å². The van der Waals surface area contributed by atoms with Gasteiger partial charge in [0.25, 0.3) is 0 Å². The van der Waals surface area contributed by atoms with Gasteiger partial charge in [-0.3, -0.25) is 0 Å². The largest absolute Gasteiger partial charge is 0.494 e. The summed E-state index contributed by atoms with van der Waals surface area (Å²) in [6.07, 6.45) is 2.03. The predicted molar refractivity (Wildman–Crippen MR) is 95.8 cm³/mol. The van der Waals surface area contributed by atoms with Crippen LogP contribution >= 0.6 is 0 Å². The molecule has 0 amide bonds. The van der Waals surface area contributed by atoms with Gasteiger partial charge < -0.3 is 9.47 Å². The first kappa shape index (κ1) is 20.8. The molecule has 0 unspecified atom stereocenters. The van der Waals surface area contributed by atoms with Crippen LogP contribution in [0.5, 0.6) is 5.75 Å². The van der Waals surface area contributed by atoms with Crippen molar-refractivity contribution in [2.75, 3.05) is 33.4 Å². The molecule has 1 aromatic heterocycles. The van der Waals surface area contributed by atoms with Crippen LogP contribution in [0.3, 0.4) is 0 Å². The molecule has 2 aromatic rings. The molecular weight excluding hydrogens is 372 g/mol. The number of hydrogen-bond donors (Lipinski definition) is 0. The zero-order valence-electron chi connectivity index (χ0n) is 15.3. The van der Waals surface area contributed by atoms with Gasteiger partial charge in [-0.1, -0.05) is 0 Å². The summed E-state index contributed by atoms with van der Waals surface area (Å²) in [6.45, 7) is 3.28. The molecule has 27 heavy (non-hydrogen) atoms. The number of benzene rings is 1. The van der Waals surface area contributed by atoms with Crippen LogP contribution in [0.4, 0.5) is 0 Å². The van der Waals surface area contributed by atoms with E-state index in [1.807, 2.05) is 13.0 Å². The highest BCUT2D eigenvalue weighted by Crippen LogP contribution is 2.27. The molecule has 0 saturated carbocycles. The molecule has 11 heteroatoms. The number of nitriles is 1. The standard InChI is InChI=1S/C16H22N6O4S/c1-3-26-11-5-10-21(9-4-8-17)27(23,24)14-6-7-15(16(12-14)25-2)22-13-18-19-20-22/h6-7,12-13H,3-5,9-11H2,1-2H3. The highest BCUT2D eigenvalue weighted by atomic mass is 32.2. The van der Waals surface area contributed by atoms with Crippen molar-refractivity contribution in [2.24, 2.45) is 0 Å². The maximum absolute atomic E-state index is 13.0. The molecule has 0 atom stereocenters. The van der Waals surface area contributed by atoms with Crippen LogP contribution in [-0.2, 0) is 14.8 Å². The van der Waals surface area contributed by atoms with E-state index in [0.29, 0.717) is 31.1 Å². The molecule has 0 fully saturated rings. The van der Waals surface area contributed by atoms with E-state index in [4.69, 9.17) is 14.7 Å². The quantitative estimate of drug-likeness (QED) is 0.517. The predicted octanol–water partition coefficient (Wildman–Crippen LogP) is 1.00. The molecule has 10 nitrogen and oxygen atoms in total. The van der Waals surface area contributed by atoms with Crippen LogP contribution in [0.1, 0.15) is 19.8 Å². The first-order valence-corrected chi connectivity index (χ1v) is 9.84. The minimum absolute atomic E-state index is 0.0746. The molecule has 0 N–H and O–H groups in total. The summed E-state index contributed by atoms with van der Waals surface area (Å²) in [5.74, 6) is 0.318. The van der Waals surface area contributed by atoms with Crippen molar-refractivity contribution in [1.29, 1.82) is 5.26 Å².